The second-order valence-corrected chi connectivity index (χ2v) is 6.76. The fraction of sp³-hybridized carbons (Fsp3) is 0.579. The zero-order valence-electron chi connectivity index (χ0n) is 13.9. The molecule has 24 heavy (non-hydrogen) atoms. The average Bonchev–Trinajstić information content (AvgIpc) is 2.55. The Kier molecular flexibility index (Phi) is 5.51. The molecule has 3 rings (SSSR count). The highest BCUT2D eigenvalue weighted by molar-refractivity contribution is 5.86. The number of nitrogens with zero attached hydrogens (tertiary/aromatic N) is 1. The van der Waals surface area contributed by atoms with Crippen molar-refractivity contribution in [3.05, 3.63) is 35.9 Å². The maximum absolute atomic E-state index is 12.4. The molecule has 5 nitrogen and oxygen atoms in total. The van der Waals surface area contributed by atoms with Gasteiger partial charge in [-0.3, -0.25) is 9.59 Å². The highest BCUT2D eigenvalue weighted by Gasteiger charge is 2.43. The second kappa shape index (κ2) is 7.79. The third kappa shape index (κ3) is 3.96. The van der Waals surface area contributed by atoms with Gasteiger partial charge in [-0.05, 0) is 37.7 Å². The maximum Gasteiger partial charge on any atom is 0.307 e. The molecule has 0 aromatic heterocycles. The molecular formula is C19H25NO4. The van der Waals surface area contributed by atoms with Gasteiger partial charge in [0.25, 0.3) is 0 Å². The second-order valence-electron chi connectivity index (χ2n) is 6.76. The molecule has 1 saturated carbocycles. The Morgan fingerprint density at radius 1 is 1.04 bits per heavy atom. The van der Waals surface area contributed by atoms with Gasteiger partial charge >= 0.3 is 5.97 Å². The minimum absolute atomic E-state index is 0.0244. The van der Waals surface area contributed by atoms with Crippen molar-refractivity contribution in [1.29, 1.82) is 0 Å². The van der Waals surface area contributed by atoms with Crippen LogP contribution in [0.3, 0.4) is 0 Å². The van der Waals surface area contributed by atoms with Crippen molar-refractivity contribution in [2.45, 2.75) is 38.2 Å². The molecule has 1 aliphatic carbocycles. The van der Waals surface area contributed by atoms with Gasteiger partial charge in [-0.15, -0.1) is 0 Å². The summed E-state index contributed by atoms with van der Waals surface area (Å²) in [5.41, 5.74) is 1.27. The Bertz CT molecular complexity index is 566. The summed E-state index contributed by atoms with van der Waals surface area (Å²) in [5, 5.41) is 9.09. The highest BCUT2D eigenvalue weighted by atomic mass is 16.5. The summed E-state index contributed by atoms with van der Waals surface area (Å²) in [7, 11) is 0. The fourth-order valence-electron chi connectivity index (χ4n) is 3.56. The molecule has 2 fully saturated rings. The highest BCUT2D eigenvalue weighted by Crippen LogP contribution is 2.36. The molecule has 1 aromatic rings. The number of aliphatic carboxylic acids is 1. The molecule has 1 aromatic carbocycles. The number of carbonyl (C=O) groups is 2. The Labute approximate surface area is 142 Å². The third-order valence-corrected chi connectivity index (χ3v) is 5.25. The Hall–Kier alpha value is -1.88. The summed E-state index contributed by atoms with van der Waals surface area (Å²) in [6.45, 7) is 2.06. The van der Waals surface area contributed by atoms with Gasteiger partial charge in [-0.25, -0.2) is 0 Å². The van der Waals surface area contributed by atoms with E-state index in [9.17, 15) is 9.59 Å². The van der Waals surface area contributed by atoms with E-state index in [0.29, 0.717) is 32.5 Å². The van der Waals surface area contributed by atoms with E-state index >= 15 is 0 Å². The van der Waals surface area contributed by atoms with E-state index in [1.165, 1.54) is 5.56 Å². The predicted octanol–water partition coefficient (Wildman–Crippen LogP) is 2.35. The molecule has 1 heterocycles. The first-order valence-corrected chi connectivity index (χ1v) is 8.82. The number of ether oxygens (including phenoxy) is 1. The van der Waals surface area contributed by atoms with E-state index in [2.05, 4.69) is 12.1 Å². The smallest absolute Gasteiger partial charge is 0.307 e. The molecule has 1 aliphatic heterocycles. The number of rotatable bonds is 6. The van der Waals surface area contributed by atoms with Crippen LogP contribution in [0.2, 0.25) is 0 Å². The topological polar surface area (TPSA) is 66.8 Å². The molecule has 2 atom stereocenters. The first kappa shape index (κ1) is 17.0. The van der Waals surface area contributed by atoms with Crippen LogP contribution in [-0.4, -0.2) is 47.7 Å². The number of hydrogen-bond donors (Lipinski definition) is 1. The van der Waals surface area contributed by atoms with E-state index in [1.807, 2.05) is 23.1 Å². The SMILES string of the molecule is O=C(O)C1CCC1C(=O)N1CCC(OCCc2ccccc2)CC1. The van der Waals surface area contributed by atoms with E-state index in [0.717, 1.165) is 19.3 Å². The van der Waals surface area contributed by atoms with Crippen LogP contribution in [0.15, 0.2) is 30.3 Å². The van der Waals surface area contributed by atoms with Crippen molar-refractivity contribution in [2.24, 2.45) is 11.8 Å². The summed E-state index contributed by atoms with van der Waals surface area (Å²) in [6.07, 6.45) is 4.13. The van der Waals surface area contributed by atoms with Gasteiger partial charge in [0.15, 0.2) is 0 Å². The number of carboxylic acid groups (broad SMARTS) is 1. The monoisotopic (exact) mass is 331 g/mol. The van der Waals surface area contributed by atoms with Crippen molar-refractivity contribution in [2.75, 3.05) is 19.7 Å². The first-order valence-electron chi connectivity index (χ1n) is 8.82. The molecule has 0 radical (unpaired) electrons. The molecule has 130 valence electrons. The minimum atomic E-state index is -0.835. The van der Waals surface area contributed by atoms with E-state index in [1.54, 1.807) is 0 Å². The van der Waals surface area contributed by atoms with Crippen LogP contribution >= 0.6 is 0 Å². The van der Waals surface area contributed by atoms with Crippen molar-refractivity contribution < 1.29 is 19.4 Å². The van der Waals surface area contributed by atoms with E-state index in [4.69, 9.17) is 9.84 Å². The number of hydrogen-bond acceptors (Lipinski definition) is 3. The normalized spacial score (nSPS) is 24.4. The molecule has 1 amide bonds. The van der Waals surface area contributed by atoms with Crippen LogP contribution in [0.1, 0.15) is 31.2 Å². The maximum atomic E-state index is 12.4. The van der Waals surface area contributed by atoms with Crippen LogP contribution in [0.4, 0.5) is 0 Å². The quantitative estimate of drug-likeness (QED) is 0.869. The lowest BCUT2D eigenvalue weighted by atomic mass is 9.72. The molecule has 1 N–H and O–H groups in total. The Morgan fingerprint density at radius 3 is 2.29 bits per heavy atom. The van der Waals surface area contributed by atoms with Crippen molar-refractivity contribution in [3.8, 4) is 0 Å². The Morgan fingerprint density at radius 2 is 1.71 bits per heavy atom. The van der Waals surface area contributed by atoms with Crippen LogP contribution in [0.25, 0.3) is 0 Å². The van der Waals surface area contributed by atoms with Gasteiger partial charge in [0.1, 0.15) is 0 Å². The van der Waals surface area contributed by atoms with Crippen LogP contribution in [-0.2, 0) is 20.7 Å². The van der Waals surface area contributed by atoms with Gasteiger partial charge in [0, 0.05) is 13.1 Å². The molecule has 5 heteroatoms. The molecule has 0 bridgehead atoms. The molecule has 1 saturated heterocycles. The van der Waals surface area contributed by atoms with Crippen LogP contribution in [0.5, 0.6) is 0 Å². The van der Waals surface area contributed by atoms with Crippen LogP contribution in [0, 0.1) is 11.8 Å². The van der Waals surface area contributed by atoms with Gasteiger partial charge in [-0.2, -0.15) is 0 Å². The number of carbonyl (C=O) groups excluding carboxylic acids is 1. The lowest BCUT2D eigenvalue weighted by Gasteiger charge is -2.39. The van der Waals surface area contributed by atoms with Gasteiger partial charge in [0.05, 0.1) is 24.5 Å². The summed E-state index contributed by atoms with van der Waals surface area (Å²) in [5.74, 6) is -1.59. The molecule has 2 aliphatic rings. The minimum Gasteiger partial charge on any atom is -0.481 e. The average molecular weight is 331 g/mol. The number of benzene rings is 1. The summed E-state index contributed by atoms with van der Waals surface area (Å²) in [6, 6.07) is 10.3. The van der Waals surface area contributed by atoms with E-state index < -0.39 is 11.9 Å². The summed E-state index contributed by atoms with van der Waals surface area (Å²) < 4.78 is 5.94. The van der Waals surface area contributed by atoms with Crippen molar-refractivity contribution >= 4 is 11.9 Å². The number of likely N-dealkylation sites (tertiary alicyclic amines) is 1. The van der Waals surface area contributed by atoms with Gasteiger partial charge < -0.3 is 14.7 Å². The summed E-state index contributed by atoms with van der Waals surface area (Å²) in [4.78, 5) is 25.3. The largest absolute Gasteiger partial charge is 0.481 e. The fourth-order valence-corrected chi connectivity index (χ4v) is 3.56. The van der Waals surface area contributed by atoms with Gasteiger partial charge in [0.2, 0.25) is 5.91 Å². The standard InChI is InChI=1S/C19H25NO4/c21-18(16-6-7-17(16)19(22)23)20-11-8-15(9-12-20)24-13-10-14-4-2-1-3-5-14/h1-5,15-17H,6-13H2,(H,22,23). The number of piperidine rings is 1. The lowest BCUT2D eigenvalue weighted by Crippen LogP contribution is -2.49. The van der Waals surface area contributed by atoms with Crippen molar-refractivity contribution in [3.63, 3.8) is 0 Å². The van der Waals surface area contributed by atoms with E-state index in [-0.39, 0.29) is 17.9 Å². The zero-order chi connectivity index (χ0) is 16.9. The summed E-state index contributed by atoms with van der Waals surface area (Å²) >= 11 is 0. The van der Waals surface area contributed by atoms with Crippen LogP contribution < -0.4 is 0 Å². The number of amides is 1. The molecule has 0 spiro atoms. The third-order valence-electron chi connectivity index (χ3n) is 5.25. The van der Waals surface area contributed by atoms with Gasteiger partial charge in [-0.1, -0.05) is 30.3 Å². The molecule has 2 unspecified atom stereocenters. The zero-order valence-corrected chi connectivity index (χ0v) is 13.9. The number of carboxylic acids is 1. The predicted molar refractivity (Wildman–Crippen MR) is 89.5 cm³/mol. The molecular weight excluding hydrogens is 306 g/mol. The first-order chi connectivity index (χ1) is 11.6. The Balaban J connectivity index is 1.38. The van der Waals surface area contributed by atoms with Crippen molar-refractivity contribution in [1.82, 2.24) is 4.90 Å². The lowest BCUT2D eigenvalue weighted by molar-refractivity contribution is -0.157.